The summed E-state index contributed by atoms with van der Waals surface area (Å²) < 4.78 is 1.40. The third kappa shape index (κ3) is 4.99. The minimum Gasteiger partial charge on any atom is -0.363 e. The van der Waals surface area contributed by atoms with Gasteiger partial charge in [-0.05, 0) is 11.1 Å². The Morgan fingerprint density at radius 1 is 0.879 bits per heavy atom. The molecule has 0 aliphatic rings. The van der Waals surface area contributed by atoms with Crippen LogP contribution in [-0.2, 0) is 16.0 Å². The van der Waals surface area contributed by atoms with E-state index in [0.717, 1.165) is 16.7 Å². The van der Waals surface area contributed by atoms with E-state index in [1.165, 1.54) is 17.1 Å². The van der Waals surface area contributed by atoms with Crippen LogP contribution in [0.5, 0.6) is 0 Å². The van der Waals surface area contributed by atoms with Gasteiger partial charge in [0, 0.05) is 24.4 Å². The zero-order chi connectivity index (χ0) is 23.2. The molecule has 0 saturated carbocycles. The maximum absolute atomic E-state index is 13.0. The molecule has 0 aliphatic heterocycles. The number of ketones is 1. The van der Waals surface area contributed by atoms with Crippen molar-refractivity contribution in [3.63, 3.8) is 0 Å². The number of Topliss-reactive ketones (excluding diaryl/α,β-unsaturated/α-hetero) is 1. The highest BCUT2D eigenvalue weighted by Gasteiger charge is 2.27. The summed E-state index contributed by atoms with van der Waals surface area (Å²) in [5.74, 6) is -2.39. The molecule has 9 heteroatoms. The first kappa shape index (κ1) is 21.6. The Morgan fingerprint density at radius 3 is 2.15 bits per heavy atom. The van der Waals surface area contributed by atoms with Crippen molar-refractivity contribution >= 4 is 17.6 Å². The molecule has 1 atom stereocenters. The summed E-state index contributed by atoms with van der Waals surface area (Å²) >= 11 is 0. The minimum atomic E-state index is -1.12. The number of amides is 2. The number of carbonyl (C=O) groups excluding carboxylic acids is 3. The number of carbonyl (C=O) groups is 3. The summed E-state index contributed by atoms with van der Waals surface area (Å²) in [6, 6.07) is 17.5. The van der Waals surface area contributed by atoms with Crippen LogP contribution in [0.25, 0.3) is 17.1 Å². The molecule has 33 heavy (non-hydrogen) atoms. The molecular weight excluding hydrogens is 420 g/mol. The first-order chi connectivity index (χ1) is 16.0. The van der Waals surface area contributed by atoms with E-state index >= 15 is 0 Å². The van der Waals surface area contributed by atoms with Gasteiger partial charge in [0.2, 0.25) is 11.7 Å². The Kier molecular flexibility index (Phi) is 6.31. The Bertz CT molecular complexity index is 1270. The van der Waals surface area contributed by atoms with E-state index in [4.69, 9.17) is 5.73 Å². The Balaban J connectivity index is 1.56. The topological polar surface area (TPSA) is 133 Å². The van der Waals surface area contributed by atoms with Crippen LogP contribution < -0.4 is 11.1 Å². The number of imidazole rings is 1. The molecule has 9 nitrogen and oxygen atoms in total. The summed E-state index contributed by atoms with van der Waals surface area (Å²) in [6.45, 7) is 0. The van der Waals surface area contributed by atoms with Crippen LogP contribution in [-0.4, -0.2) is 43.2 Å². The monoisotopic (exact) mass is 440 g/mol. The SMILES string of the molecule is NC(=O)C(=O)C(Cc1ccccc1)NC(=O)c1cncn1-c1ncc(-c2ccccc2)cn1. The standard InChI is InChI=1S/C24H20N6O3/c25-22(32)21(31)19(11-16-7-3-1-4-8-16)29-23(33)20-14-26-15-30(20)24-27-12-18(13-28-24)17-9-5-2-6-10-17/h1-10,12-15,19H,11H2,(H2,25,32)(H,29,33). The van der Waals surface area contributed by atoms with Crippen LogP contribution in [0.2, 0.25) is 0 Å². The number of hydrogen-bond acceptors (Lipinski definition) is 6. The van der Waals surface area contributed by atoms with Crippen molar-refractivity contribution in [3.05, 3.63) is 96.8 Å². The number of nitrogens with one attached hydrogen (secondary N) is 1. The molecule has 1 unspecified atom stereocenters. The second-order valence-electron chi connectivity index (χ2n) is 7.23. The van der Waals surface area contributed by atoms with E-state index < -0.39 is 23.6 Å². The summed E-state index contributed by atoms with van der Waals surface area (Å²) in [7, 11) is 0. The lowest BCUT2D eigenvalue weighted by Crippen LogP contribution is -2.47. The normalized spacial score (nSPS) is 11.5. The predicted molar refractivity (Wildman–Crippen MR) is 120 cm³/mol. The fraction of sp³-hybridized carbons (Fsp3) is 0.0833. The summed E-state index contributed by atoms with van der Waals surface area (Å²) in [4.78, 5) is 49.5. The molecule has 2 heterocycles. The van der Waals surface area contributed by atoms with Crippen LogP contribution in [0.4, 0.5) is 0 Å². The highest BCUT2D eigenvalue weighted by molar-refractivity contribution is 6.38. The maximum Gasteiger partial charge on any atom is 0.287 e. The number of nitrogens with two attached hydrogens (primary N) is 1. The molecule has 0 fully saturated rings. The minimum absolute atomic E-state index is 0.109. The second kappa shape index (κ2) is 9.65. The lowest BCUT2D eigenvalue weighted by molar-refractivity contribution is -0.137. The third-order valence-corrected chi connectivity index (χ3v) is 4.98. The van der Waals surface area contributed by atoms with Gasteiger partial charge in [0.25, 0.3) is 11.8 Å². The van der Waals surface area contributed by atoms with Gasteiger partial charge in [-0.3, -0.25) is 19.0 Å². The molecule has 2 aromatic heterocycles. The average Bonchev–Trinajstić information content (AvgIpc) is 3.34. The molecular formula is C24H20N6O3. The molecule has 164 valence electrons. The van der Waals surface area contributed by atoms with Crippen molar-refractivity contribution in [1.82, 2.24) is 24.8 Å². The number of hydrogen-bond donors (Lipinski definition) is 2. The summed E-state index contributed by atoms with van der Waals surface area (Å²) in [6.07, 6.45) is 6.14. The van der Waals surface area contributed by atoms with Crippen molar-refractivity contribution in [1.29, 1.82) is 0 Å². The Hall–Kier alpha value is -4.66. The number of benzene rings is 2. The van der Waals surface area contributed by atoms with Gasteiger partial charge in [0.05, 0.1) is 6.20 Å². The van der Waals surface area contributed by atoms with Crippen LogP contribution in [0.15, 0.2) is 85.6 Å². The summed E-state index contributed by atoms with van der Waals surface area (Å²) in [5, 5.41) is 2.59. The van der Waals surface area contributed by atoms with Gasteiger partial charge in [0.1, 0.15) is 18.1 Å². The molecule has 0 aliphatic carbocycles. The zero-order valence-corrected chi connectivity index (χ0v) is 17.5. The number of rotatable bonds is 8. The van der Waals surface area contributed by atoms with Gasteiger partial charge >= 0.3 is 0 Å². The quantitative estimate of drug-likeness (QED) is 0.401. The third-order valence-electron chi connectivity index (χ3n) is 4.98. The van der Waals surface area contributed by atoms with Gasteiger partial charge in [-0.25, -0.2) is 15.0 Å². The maximum atomic E-state index is 13.0. The molecule has 3 N–H and O–H groups in total. The van der Waals surface area contributed by atoms with Gasteiger partial charge in [-0.1, -0.05) is 60.7 Å². The highest BCUT2D eigenvalue weighted by atomic mass is 16.2. The molecule has 2 aromatic carbocycles. The van der Waals surface area contributed by atoms with E-state index in [9.17, 15) is 14.4 Å². The predicted octanol–water partition coefficient (Wildman–Crippen LogP) is 1.72. The van der Waals surface area contributed by atoms with E-state index in [0.29, 0.717) is 0 Å². The Labute approximate surface area is 189 Å². The largest absolute Gasteiger partial charge is 0.363 e. The highest BCUT2D eigenvalue weighted by Crippen LogP contribution is 2.17. The van der Waals surface area contributed by atoms with Crippen molar-refractivity contribution < 1.29 is 14.4 Å². The molecule has 4 aromatic rings. The first-order valence-electron chi connectivity index (χ1n) is 10.1. The van der Waals surface area contributed by atoms with E-state index in [2.05, 4.69) is 20.3 Å². The lowest BCUT2D eigenvalue weighted by Gasteiger charge is -2.16. The van der Waals surface area contributed by atoms with Gasteiger partial charge in [-0.2, -0.15) is 0 Å². The molecule has 0 saturated heterocycles. The molecule has 0 spiro atoms. The number of primary amides is 1. The van der Waals surface area contributed by atoms with Crippen molar-refractivity contribution in [2.24, 2.45) is 5.73 Å². The molecule has 4 rings (SSSR count). The molecule has 0 bridgehead atoms. The van der Waals surface area contributed by atoms with Crippen LogP contribution in [0.1, 0.15) is 16.1 Å². The lowest BCUT2D eigenvalue weighted by atomic mass is 10.0. The van der Waals surface area contributed by atoms with Gasteiger partial charge in [-0.15, -0.1) is 0 Å². The van der Waals surface area contributed by atoms with Crippen LogP contribution in [0, 0.1) is 0 Å². The fourth-order valence-corrected chi connectivity index (χ4v) is 3.31. The fourth-order valence-electron chi connectivity index (χ4n) is 3.31. The van der Waals surface area contributed by atoms with Crippen molar-refractivity contribution in [3.8, 4) is 17.1 Å². The van der Waals surface area contributed by atoms with E-state index in [-0.39, 0.29) is 18.1 Å². The first-order valence-corrected chi connectivity index (χ1v) is 10.1. The summed E-state index contributed by atoms with van der Waals surface area (Å²) in [5.41, 5.74) is 7.85. The van der Waals surface area contributed by atoms with Crippen molar-refractivity contribution in [2.45, 2.75) is 12.5 Å². The van der Waals surface area contributed by atoms with Gasteiger partial charge in [0.15, 0.2) is 0 Å². The van der Waals surface area contributed by atoms with E-state index in [1.807, 2.05) is 36.4 Å². The van der Waals surface area contributed by atoms with Crippen molar-refractivity contribution in [2.75, 3.05) is 0 Å². The number of nitrogens with zero attached hydrogens (tertiary/aromatic N) is 4. The molecule has 2 amide bonds. The average molecular weight is 440 g/mol. The molecule has 0 radical (unpaired) electrons. The van der Waals surface area contributed by atoms with Crippen LogP contribution in [0.3, 0.4) is 0 Å². The smallest absolute Gasteiger partial charge is 0.287 e. The zero-order valence-electron chi connectivity index (χ0n) is 17.5. The second-order valence-corrected chi connectivity index (χ2v) is 7.23. The van der Waals surface area contributed by atoms with E-state index in [1.54, 1.807) is 36.7 Å². The van der Waals surface area contributed by atoms with Gasteiger partial charge < -0.3 is 11.1 Å². The van der Waals surface area contributed by atoms with Crippen LogP contribution >= 0.6 is 0 Å². The number of aromatic nitrogens is 4. The Morgan fingerprint density at radius 2 is 1.52 bits per heavy atom.